The average molecular weight is 298 g/mol. The van der Waals surface area contributed by atoms with Crippen LogP contribution in [0.25, 0.3) is 0 Å². The van der Waals surface area contributed by atoms with Gasteiger partial charge in [-0.05, 0) is 55.5 Å². The molecule has 3 heteroatoms. The number of hydrogen-bond acceptors (Lipinski definition) is 1. The molecule has 1 unspecified atom stereocenters. The molecule has 0 bridgehead atoms. The third-order valence-corrected chi connectivity index (χ3v) is 4.62. The van der Waals surface area contributed by atoms with E-state index >= 15 is 0 Å². The molecule has 0 heterocycles. The van der Waals surface area contributed by atoms with Crippen LogP contribution in [0.3, 0.4) is 0 Å². The van der Waals surface area contributed by atoms with Gasteiger partial charge < -0.3 is 5.32 Å². The zero-order valence-corrected chi connectivity index (χ0v) is 13.1. The molecule has 0 radical (unpaired) electrons. The molecule has 1 aliphatic carbocycles. The lowest BCUT2D eigenvalue weighted by molar-refractivity contribution is 0.384. The molecule has 1 N–H and O–H groups in total. The van der Waals surface area contributed by atoms with E-state index < -0.39 is 0 Å². The molecular weight excluding hydrogens is 273 g/mol. The molecule has 2 rings (SSSR count). The molecule has 0 aromatic heterocycles. The van der Waals surface area contributed by atoms with Crippen LogP contribution >= 0.6 is 11.6 Å². The summed E-state index contributed by atoms with van der Waals surface area (Å²) in [6.07, 6.45) is 8.57. The Kier molecular flexibility index (Phi) is 6.31. The summed E-state index contributed by atoms with van der Waals surface area (Å²) in [6.45, 7) is 3.19. The first kappa shape index (κ1) is 15.8. The van der Waals surface area contributed by atoms with Crippen LogP contribution in [-0.4, -0.2) is 12.6 Å². The first-order chi connectivity index (χ1) is 9.69. The predicted molar refractivity (Wildman–Crippen MR) is 83.8 cm³/mol. The van der Waals surface area contributed by atoms with Crippen molar-refractivity contribution in [3.63, 3.8) is 0 Å². The Morgan fingerprint density at radius 2 is 2.10 bits per heavy atom. The predicted octanol–water partition coefficient (Wildman–Crippen LogP) is 4.97. The van der Waals surface area contributed by atoms with Crippen molar-refractivity contribution in [2.24, 2.45) is 5.92 Å². The third-order valence-electron chi connectivity index (χ3n) is 4.25. The van der Waals surface area contributed by atoms with E-state index in [1.54, 1.807) is 12.1 Å². The van der Waals surface area contributed by atoms with Gasteiger partial charge in [0.25, 0.3) is 0 Å². The second-order valence-electron chi connectivity index (χ2n) is 5.98. The highest BCUT2D eigenvalue weighted by Crippen LogP contribution is 2.30. The highest BCUT2D eigenvalue weighted by molar-refractivity contribution is 6.31. The van der Waals surface area contributed by atoms with Gasteiger partial charge in [0, 0.05) is 11.1 Å². The third kappa shape index (κ3) is 4.75. The van der Waals surface area contributed by atoms with Gasteiger partial charge in [0.05, 0.1) is 0 Å². The second-order valence-corrected chi connectivity index (χ2v) is 6.38. The first-order valence-electron chi connectivity index (χ1n) is 7.86. The smallest absolute Gasteiger partial charge is 0.123 e. The van der Waals surface area contributed by atoms with Gasteiger partial charge in [0.1, 0.15) is 5.82 Å². The van der Waals surface area contributed by atoms with Gasteiger partial charge in [-0.1, -0.05) is 44.2 Å². The largest absolute Gasteiger partial charge is 0.314 e. The zero-order chi connectivity index (χ0) is 14.4. The van der Waals surface area contributed by atoms with Gasteiger partial charge in [-0.15, -0.1) is 0 Å². The number of hydrogen-bond donors (Lipinski definition) is 1. The maximum absolute atomic E-state index is 13.4. The van der Waals surface area contributed by atoms with Gasteiger partial charge in [-0.2, -0.15) is 0 Å². The zero-order valence-electron chi connectivity index (χ0n) is 12.3. The summed E-state index contributed by atoms with van der Waals surface area (Å²) in [5, 5.41) is 4.29. The highest BCUT2D eigenvalue weighted by Gasteiger charge is 2.20. The number of halogens is 2. The average Bonchev–Trinajstić information content (AvgIpc) is 2.93. The summed E-state index contributed by atoms with van der Waals surface area (Å²) < 4.78 is 13.4. The van der Waals surface area contributed by atoms with Crippen molar-refractivity contribution >= 4 is 11.6 Å². The summed E-state index contributed by atoms with van der Waals surface area (Å²) in [7, 11) is 0. The minimum absolute atomic E-state index is 0.195. The van der Waals surface area contributed by atoms with Gasteiger partial charge in [0.15, 0.2) is 0 Å². The number of nitrogens with one attached hydrogen (secondary N) is 1. The monoisotopic (exact) mass is 297 g/mol. The van der Waals surface area contributed by atoms with E-state index in [-0.39, 0.29) is 5.82 Å². The maximum Gasteiger partial charge on any atom is 0.123 e. The Labute approximate surface area is 126 Å². The SMILES string of the molecule is CCCNC(Cc1cc(F)ccc1Cl)CC1CCCC1. The normalized spacial score (nSPS) is 17.6. The van der Waals surface area contributed by atoms with Crippen molar-refractivity contribution in [1.29, 1.82) is 0 Å². The van der Waals surface area contributed by atoms with Crippen LogP contribution in [-0.2, 0) is 6.42 Å². The van der Waals surface area contributed by atoms with Crippen LogP contribution in [0.2, 0.25) is 5.02 Å². The second kappa shape index (κ2) is 7.99. The van der Waals surface area contributed by atoms with E-state index in [1.807, 2.05) is 0 Å². The molecular formula is C17H25ClFN. The molecule has 1 fully saturated rings. The summed E-state index contributed by atoms with van der Waals surface area (Å²) in [5.41, 5.74) is 0.929. The van der Waals surface area contributed by atoms with Crippen molar-refractivity contribution in [2.75, 3.05) is 6.54 Å². The fourth-order valence-electron chi connectivity index (χ4n) is 3.20. The number of benzene rings is 1. The van der Waals surface area contributed by atoms with Gasteiger partial charge in [-0.3, -0.25) is 0 Å². The van der Waals surface area contributed by atoms with Crippen molar-refractivity contribution < 1.29 is 4.39 Å². The van der Waals surface area contributed by atoms with E-state index in [4.69, 9.17) is 11.6 Å². The topological polar surface area (TPSA) is 12.0 Å². The Hall–Kier alpha value is -0.600. The van der Waals surface area contributed by atoms with E-state index in [1.165, 1.54) is 38.2 Å². The van der Waals surface area contributed by atoms with Crippen LogP contribution in [0.15, 0.2) is 18.2 Å². The van der Waals surface area contributed by atoms with Crippen molar-refractivity contribution in [3.05, 3.63) is 34.6 Å². The minimum Gasteiger partial charge on any atom is -0.314 e. The summed E-state index contributed by atoms with van der Waals surface area (Å²) in [6, 6.07) is 5.09. The lowest BCUT2D eigenvalue weighted by atomic mass is 9.93. The van der Waals surface area contributed by atoms with E-state index in [9.17, 15) is 4.39 Å². The molecule has 20 heavy (non-hydrogen) atoms. The molecule has 112 valence electrons. The molecule has 0 amide bonds. The Morgan fingerprint density at radius 3 is 2.80 bits per heavy atom. The van der Waals surface area contributed by atoms with Gasteiger partial charge in [0.2, 0.25) is 0 Å². The van der Waals surface area contributed by atoms with Crippen LogP contribution in [0.5, 0.6) is 0 Å². The Balaban J connectivity index is 1.99. The molecule has 1 atom stereocenters. The Morgan fingerprint density at radius 1 is 1.35 bits per heavy atom. The Bertz CT molecular complexity index is 415. The van der Waals surface area contributed by atoms with Gasteiger partial charge >= 0.3 is 0 Å². The van der Waals surface area contributed by atoms with E-state index in [0.717, 1.165) is 30.9 Å². The van der Waals surface area contributed by atoms with Crippen LogP contribution in [0.4, 0.5) is 4.39 Å². The maximum atomic E-state index is 13.4. The van der Waals surface area contributed by atoms with Crippen LogP contribution in [0, 0.1) is 11.7 Å². The summed E-state index contributed by atoms with van der Waals surface area (Å²) in [5.74, 6) is 0.635. The molecule has 1 aromatic rings. The minimum atomic E-state index is -0.195. The lowest BCUT2D eigenvalue weighted by Crippen LogP contribution is -2.33. The quantitative estimate of drug-likeness (QED) is 0.749. The molecule has 0 spiro atoms. The summed E-state index contributed by atoms with van der Waals surface area (Å²) in [4.78, 5) is 0. The molecule has 1 aromatic carbocycles. The molecule has 1 saturated carbocycles. The van der Waals surface area contributed by atoms with Crippen molar-refractivity contribution in [2.45, 2.75) is 57.9 Å². The van der Waals surface area contributed by atoms with Crippen molar-refractivity contribution in [3.8, 4) is 0 Å². The highest BCUT2D eigenvalue weighted by atomic mass is 35.5. The van der Waals surface area contributed by atoms with Crippen LogP contribution < -0.4 is 5.32 Å². The van der Waals surface area contributed by atoms with E-state index in [2.05, 4.69) is 12.2 Å². The fraction of sp³-hybridized carbons (Fsp3) is 0.647. The lowest BCUT2D eigenvalue weighted by Gasteiger charge is -2.22. The van der Waals surface area contributed by atoms with Gasteiger partial charge in [-0.25, -0.2) is 4.39 Å². The number of rotatable bonds is 7. The molecule has 1 aliphatic rings. The van der Waals surface area contributed by atoms with Crippen LogP contribution in [0.1, 0.15) is 51.0 Å². The summed E-state index contributed by atoms with van der Waals surface area (Å²) >= 11 is 6.20. The fourth-order valence-corrected chi connectivity index (χ4v) is 3.40. The van der Waals surface area contributed by atoms with Crippen molar-refractivity contribution in [1.82, 2.24) is 5.32 Å². The standard InChI is InChI=1S/C17H25ClFN/c1-2-9-20-16(10-13-5-3-4-6-13)12-14-11-15(19)7-8-17(14)18/h7-8,11,13,16,20H,2-6,9-10,12H2,1H3. The first-order valence-corrected chi connectivity index (χ1v) is 8.24. The molecule has 0 saturated heterocycles. The molecule has 0 aliphatic heterocycles. The van der Waals surface area contributed by atoms with E-state index in [0.29, 0.717) is 11.1 Å². The molecule has 1 nitrogen and oxygen atoms in total.